The first-order valence-corrected chi connectivity index (χ1v) is 6.29. The molecule has 3 aromatic rings. The van der Waals surface area contributed by atoms with Crippen LogP contribution >= 0.6 is 0 Å². The normalized spacial score (nSPS) is 11.0. The van der Waals surface area contributed by atoms with Crippen molar-refractivity contribution in [3.05, 3.63) is 71.9 Å². The molecule has 2 N–H and O–H groups in total. The van der Waals surface area contributed by atoms with Gasteiger partial charge in [0.1, 0.15) is 0 Å². The second-order valence-electron chi connectivity index (χ2n) is 4.36. The predicted molar refractivity (Wildman–Crippen MR) is 79.8 cm³/mol. The van der Waals surface area contributed by atoms with Gasteiger partial charge in [0.05, 0.1) is 11.8 Å². The van der Waals surface area contributed by atoms with E-state index in [0.717, 1.165) is 16.5 Å². The van der Waals surface area contributed by atoms with E-state index in [-0.39, 0.29) is 5.91 Å². The van der Waals surface area contributed by atoms with E-state index in [2.05, 4.69) is 15.5 Å². The lowest BCUT2D eigenvalue weighted by molar-refractivity contribution is 0.0957. The summed E-state index contributed by atoms with van der Waals surface area (Å²) in [6.45, 7) is 0. The average molecular weight is 263 g/mol. The van der Waals surface area contributed by atoms with Crippen LogP contribution in [0.5, 0.6) is 0 Å². The lowest BCUT2D eigenvalue weighted by Gasteiger charge is -1.98. The molecule has 0 saturated heterocycles. The number of fused-ring (bicyclic) bond motifs is 1. The summed E-state index contributed by atoms with van der Waals surface area (Å²) in [4.78, 5) is 15.1. The number of nitrogens with zero attached hydrogens (tertiary/aromatic N) is 1. The van der Waals surface area contributed by atoms with Crippen molar-refractivity contribution in [1.29, 1.82) is 0 Å². The van der Waals surface area contributed by atoms with Crippen LogP contribution in [0.4, 0.5) is 0 Å². The number of benzene rings is 2. The van der Waals surface area contributed by atoms with Crippen LogP contribution in [-0.2, 0) is 0 Å². The Hall–Kier alpha value is -2.88. The Balaban J connectivity index is 1.75. The van der Waals surface area contributed by atoms with Gasteiger partial charge in [-0.15, -0.1) is 0 Å². The molecule has 1 amide bonds. The smallest absolute Gasteiger partial charge is 0.273 e. The van der Waals surface area contributed by atoms with Gasteiger partial charge in [0, 0.05) is 17.1 Å². The molecular weight excluding hydrogens is 250 g/mol. The van der Waals surface area contributed by atoms with Crippen molar-refractivity contribution in [3.8, 4) is 0 Å². The van der Waals surface area contributed by atoms with Crippen molar-refractivity contribution in [3.63, 3.8) is 0 Å². The summed E-state index contributed by atoms with van der Waals surface area (Å²) in [5.74, 6) is -0.227. The summed E-state index contributed by atoms with van der Waals surface area (Å²) in [6.07, 6.45) is 3.31. The van der Waals surface area contributed by atoms with E-state index in [4.69, 9.17) is 0 Å². The Morgan fingerprint density at radius 3 is 2.65 bits per heavy atom. The van der Waals surface area contributed by atoms with Crippen LogP contribution < -0.4 is 5.43 Å². The Bertz CT molecular complexity index is 760. The van der Waals surface area contributed by atoms with Crippen LogP contribution in [0, 0.1) is 0 Å². The quantitative estimate of drug-likeness (QED) is 0.554. The van der Waals surface area contributed by atoms with E-state index in [1.165, 1.54) is 0 Å². The highest BCUT2D eigenvalue weighted by Gasteiger charge is 2.10. The number of H-pyrrole nitrogens is 1. The molecule has 20 heavy (non-hydrogen) atoms. The first kappa shape index (κ1) is 12.2. The minimum absolute atomic E-state index is 0.227. The lowest BCUT2D eigenvalue weighted by Crippen LogP contribution is -2.17. The van der Waals surface area contributed by atoms with E-state index in [0.29, 0.717) is 5.56 Å². The number of hydrogen-bond acceptors (Lipinski definition) is 2. The Kier molecular flexibility index (Phi) is 3.29. The third-order valence-corrected chi connectivity index (χ3v) is 3.01. The van der Waals surface area contributed by atoms with Gasteiger partial charge in [-0.1, -0.05) is 48.5 Å². The molecule has 0 bridgehead atoms. The molecular formula is C16H13N3O. The second kappa shape index (κ2) is 5.40. The molecule has 0 spiro atoms. The number of carbonyl (C=O) groups excluding carboxylic acids is 1. The molecule has 4 heteroatoms. The fourth-order valence-electron chi connectivity index (χ4n) is 2.02. The highest BCUT2D eigenvalue weighted by atomic mass is 16.2. The van der Waals surface area contributed by atoms with Gasteiger partial charge >= 0.3 is 0 Å². The summed E-state index contributed by atoms with van der Waals surface area (Å²) in [7, 11) is 0. The fourth-order valence-corrected chi connectivity index (χ4v) is 2.02. The standard InChI is InChI=1S/C16H13N3O/c20-16(19-18-10-12-6-2-1-3-7-12)14-11-17-15-9-5-4-8-13(14)15/h1-11,17H,(H,19,20)/b18-10-. The van der Waals surface area contributed by atoms with Crippen molar-refractivity contribution < 1.29 is 4.79 Å². The number of rotatable bonds is 3. The molecule has 1 aromatic heterocycles. The van der Waals surface area contributed by atoms with E-state index in [1.54, 1.807) is 12.4 Å². The summed E-state index contributed by atoms with van der Waals surface area (Å²) < 4.78 is 0. The molecule has 0 atom stereocenters. The average Bonchev–Trinajstić information content (AvgIpc) is 2.92. The molecule has 0 fully saturated rings. The van der Waals surface area contributed by atoms with Gasteiger partial charge < -0.3 is 4.98 Å². The van der Waals surface area contributed by atoms with E-state index >= 15 is 0 Å². The zero-order valence-corrected chi connectivity index (χ0v) is 10.7. The molecule has 0 radical (unpaired) electrons. The zero-order valence-electron chi connectivity index (χ0n) is 10.7. The van der Waals surface area contributed by atoms with Crippen LogP contribution in [0.3, 0.4) is 0 Å². The maximum Gasteiger partial charge on any atom is 0.273 e. The third kappa shape index (κ3) is 2.44. The fraction of sp³-hybridized carbons (Fsp3) is 0. The minimum atomic E-state index is -0.227. The predicted octanol–water partition coefficient (Wildman–Crippen LogP) is 2.93. The van der Waals surface area contributed by atoms with Gasteiger partial charge in [-0.2, -0.15) is 5.10 Å². The number of para-hydroxylation sites is 1. The molecule has 2 aromatic carbocycles. The maximum absolute atomic E-state index is 12.1. The highest BCUT2D eigenvalue weighted by molar-refractivity contribution is 6.06. The van der Waals surface area contributed by atoms with Crippen molar-refractivity contribution in [2.24, 2.45) is 5.10 Å². The van der Waals surface area contributed by atoms with Gasteiger partial charge in [0.2, 0.25) is 0 Å². The Morgan fingerprint density at radius 1 is 1.05 bits per heavy atom. The largest absolute Gasteiger partial charge is 0.360 e. The molecule has 3 rings (SSSR count). The number of carbonyl (C=O) groups is 1. The topological polar surface area (TPSA) is 57.2 Å². The van der Waals surface area contributed by atoms with E-state index in [9.17, 15) is 4.79 Å². The van der Waals surface area contributed by atoms with Gasteiger partial charge in [-0.05, 0) is 11.6 Å². The van der Waals surface area contributed by atoms with Crippen LogP contribution in [0.1, 0.15) is 15.9 Å². The van der Waals surface area contributed by atoms with Crippen LogP contribution in [0.15, 0.2) is 65.9 Å². The number of nitrogens with one attached hydrogen (secondary N) is 2. The maximum atomic E-state index is 12.1. The molecule has 0 saturated carbocycles. The van der Waals surface area contributed by atoms with E-state index in [1.807, 2.05) is 54.6 Å². The summed E-state index contributed by atoms with van der Waals surface area (Å²) >= 11 is 0. The van der Waals surface area contributed by atoms with Crippen LogP contribution in [0.2, 0.25) is 0 Å². The molecule has 0 aliphatic carbocycles. The third-order valence-electron chi connectivity index (χ3n) is 3.01. The highest BCUT2D eigenvalue weighted by Crippen LogP contribution is 2.17. The molecule has 0 aliphatic heterocycles. The number of aromatic nitrogens is 1. The van der Waals surface area contributed by atoms with Crippen molar-refractivity contribution in [2.75, 3.05) is 0 Å². The first-order valence-electron chi connectivity index (χ1n) is 6.29. The lowest BCUT2D eigenvalue weighted by atomic mass is 10.2. The van der Waals surface area contributed by atoms with Gasteiger partial charge in [0.25, 0.3) is 5.91 Å². The Morgan fingerprint density at radius 2 is 1.80 bits per heavy atom. The minimum Gasteiger partial charge on any atom is -0.360 e. The van der Waals surface area contributed by atoms with Gasteiger partial charge in [0.15, 0.2) is 0 Å². The van der Waals surface area contributed by atoms with Crippen LogP contribution in [0.25, 0.3) is 10.9 Å². The summed E-state index contributed by atoms with van der Waals surface area (Å²) in [5, 5.41) is 4.85. The van der Waals surface area contributed by atoms with E-state index < -0.39 is 0 Å². The van der Waals surface area contributed by atoms with Crippen molar-refractivity contribution in [2.45, 2.75) is 0 Å². The molecule has 4 nitrogen and oxygen atoms in total. The number of hydrazone groups is 1. The molecule has 98 valence electrons. The second-order valence-corrected chi connectivity index (χ2v) is 4.36. The van der Waals surface area contributed by atoms with Crippen molar-refractivity contribution >= 4 is 23.0 Å². The number of aromatic amines is 1. The monoisotopic (exact) mass is 263 g/mol. The molecule has 0 aliphatic rings. The molecule has 1 heterocycles. The van der Waals surface area contributed by atoms with Gasteiger partial charge in [-0.25, -0.2) is 5.43 Å². The first-order chi connectivity index (χ1) is 9.84. The number of hydrogen-bond donors (Lipinski definition) is 2. The SMILES string of the molecule is O=C(N/N=C\c1ccccc1)c1c[nH]c2ccccc12. The summed E-state index contributed by atoms with van der Waals surface area (Å²) in [6, 6.07) is 17.3. The molecule has 0 unspecified atom stereocenters. The number of amides is 1. The Labute approximate surface area is 116 Å². The van der Waals surface area contributed by atoms with Gasteiger partial charge in [-0.3, -0.25) is 4.79 Å². The zero-order chi connectivity index (χ0) is 13.8. The summed E-state index contributed by atoms with van der Waals surface area (Å²) in [5.41, 5.74) is 5.00. The van der Waals surface area contributed by atoms with Crippen LogP contribution in [-0.4, -0.2) is 17.1 Å². The van der Waals surface area contributed by atoms with Crippen molar-refractivity contribution in [1.82, 2.24) is 10.4 Å².